The van der Waals surface area contributed by atoms with Gasteiger partial charge in [0.1, 0.15) is 0 Å². The summed E-state index contributed by atoms with van der Waals surface area (Å²) in [6.07, 6.45) is 0. The van der Waals surface area contributed by atoms with Crippen molar-refractivity contribution in [3.05, 3.63) is 41.6 Å². The van der Waals surface area contributed by atoms with Crippen molar-refractivity contribution in [2.24, 2.45) is 7.05 Å². The van der Waals surface area contributed by atoms with Crippen LogP contribution in [0.15, 0.2) is 30.3 Å². The Morgan fingerprint density at radius 3 is 2.35 bits per heavy atom. The van der Waals surface area contributed by atoms with Gasteiger partial charge in [-0.25, -0.2) is 0 Å². The van der Waals surface area contributed by atoms with Crippen LogP contribution >= 0.6 is 12.6 Å². The molecule has 0 aliphatic carbocycles. The first-order chi connectivity index (χ1) is 8.11. The second-order valence-corrected chi connectivity index (χ2v) is 4.90. The molecule has 3 heteroatoms. The molecule has 0 bridgehead atoms. The van der Waals surface area contributed by atoms with Crippen LogP contribution in [0.2, 0.25) is 0 Å². The van der Waals surface area contributed by atoms with Gasteiger partial charge in [-0.3, -0.25) is 4.68 Å². The van der Waals surface area contributed by atoms with Gasteiger partial charge in [0, 0.05) is 12.8 Å². The average molecular weight is 246 g/mol. The van der Waals surface area contributed by atoms with E-state index in [2.05, 4.69) is 61.9 Å². The quantitative estimate of drug-likeness (QED) is 0.819. The molecule has 0 N–H and O–H groups in total. The summed E-state index contributed by atoms with van der Waals surface area (Å²) in [6.45, 7) is 4.41. The zero-order valence-corrected chi connectivity index (χ0v) is 11.4. The van der Waals surface area contributed by atoms with E-state index in [0.717, 1.165) is 11.4 Å². The molecule has 0 saturated heterocycles. The van der Waals surface area contributed by atoms with Crippen LogP contribution in [-0.4, -0.2) is 9.78 Å². The summed E-state index contributed by atoms with van der Waals surface area (Å²) >= 11 is 4.25. The first-order valence-electron chi connectivity index (χ1n) is 5.86. The molecule has 17 heavy (non-hydrogen) atoms. The fourth-order valence-electron chi connectivity index (χ4n) is 1.91. The molecule has 2 aromatic rings. The second kappa shape index (κ2) is 4.96. The molecule has 1 heterocycles. The molecule has 0 spiro atoms. The summed E-state index contributed by atoms with van der Waals surface area (Å²) < 4.78 is 1.91. The van der Waals surface area contributed by atoms with Gasteiger partial charge in [0.2, 0.25) is 0 Å². The Kier molecular flexibility index (Phi) is 3.57. The SMILES string of the molecule is CC(C)c1ccc(-c2cc(CS)nn2C)cc1. The van der Waals surface area contributed by atoms with E-state index in [0.29, 0.717) is 11.7 Å². The number of aryl methyl sites for hydroxylation is 1. The minimum Gasteiger partial charge on any atom is -0.268 e. The van der Waals surface area contributed by atoms with Crippen LogP contribution in [0, 0.1) is 0 Å². The van der Waals surface area contributed by atoms with Gasteiger partial charge in [-0.15, -0.1) is 0 Å². The molecule has 90 valence electrons. The van der Waals surface area contributed by atoms with Crippen molar-refractivity contribution in [1.82, 2.24) is 9.78 Å². The second-order valence-electron chi connectivity index (χ2n) is 4.58. The molecule has 1 aromatic heterocycles. The number of aromatic nitrogens is 2. The van der Waals surface area contributed by atoms with Crippen molar-refractivity contribution in [3.63, 3.8) is 0 Å². The predicted octanol–water partition coefficient (Wildman–Crippen LogP) is 3.64. The maximum Gasteiger partial charge on any atom is 0.0727 e. The third kappa shape index (κ3) is 2.55. The van der Waals surface area contributed by atoms with Crippen LogP contribution in [0.4, 0.5) is 0 Å². The summed E-state index contributed by atoms with van der Waals surface area (Å²) in [5.41, 5.74) is 4.73. The Morgan fingerprint density at radius 1 is 1.24 bits per heavy atom. The van der Waals surface area contributed by atoms with Crippen LogP contribution in [-0.2, 0) is 12.8 Å². The maximum absolute atomic E-state index is 4.40. The van der Waals surface area contributed by atoms with E-state index in [9.17, 15) is 0 Å². The molecule has 0 unspecified atom stereocenters. The van der Waals surface area contributed by atoms with Crippen molar-refractivity contribution < 1.29 is 0 Å². The predicted molar refractivity (Wildman–Crippen MR) is 75.4 cm³/mol. The van der Waals surface area contributed by atoms with E-state index in [4.69, 9.17) is 0 Å². The highest BCUT2D eigenvalue weighted by Crippen LogP contribution is 2.23. The average Bonchev–Trinajstić information content (AvgIpc) is 2.71. The van der Waals surface area contributed by atoms with Crippen molar-refractivity contribution in [2.45, 2.75) is 25.5 Å². The van der Waals surface area contributed by atoms with Crippen molar-refractivity contribution in [1.29, 1.82) is 0 Å². The molecule has 2 nitrogen and oxygen atoms in total. The normalized spacial score (nSPS) is 11.1. The smallest absolute Gasteiger partial charge is 0.0727 e. The Balaban J connectivity index is 2.36. The number of rotatable bonds is 3. The largest absolute Gasteiger partial charge is 0.268 e. The lowest BCUT2D eigenvalue weighted by atomic mass is 10.0. The Labute approximate surface area is 108 Å². The standard InChI is InChI=1S/C14H18N2S/c1-10(2)11-4-6-12(7-5-11)14-8-13(9-17)15-16(14)3/h4-8,10,17H,9H2,1-3H3. The van der Waals surface area contributed by atoms with E-state index in [-0.39, 0.29) is 0 Å². The summed E-state index contributed by atoms with van der Waals surface area (Å²) in [7, 11) is 1.97. The zero-order chi connectivity index (χ0) is 12.4. The number of benzene rings is 1. The topological polar surface area (TPSA) is 17.8 Å². The molecule has 0 aliphatic heterocycles. The minimum absolute atomic E-state index is 0.573. The van der Waals surface area contributed by atoms with Gasteiger partial charge in [0.15, 0.2) is 0 Å². The van der Waals surface area contributed by atoms with Crippen LogP contribution in [0.1, 0.15) is 31.0 Å². The van der Waals surface area contributed by atoms with Gasteiger partial charge in [0.25, 0.3) is 0 Å². The molecular weight excluding hydrogens is 228 g/mol. The molecule has 0 atom stereocenters. The van der Waals surface area contributed by atoms with E-state index in [1.165, 1.54) is 11.1 Å². The van der Waals surface area contributed by atoms with Gasteiger partial charge in [-0.2, -0.15) is 17.7 Å². The van der Waals surface area contributed by atoms with E-state index in [1.54, 1.807) is 0 Å². The zero-order valence-electron chi connectivity index (χ0n) is 10.5. The molecule has 0 fully saturated rings. The van der Waals surface area contributed by atoms with E-state index < -0.39 is 0 Å². The highest BCUT2D eigenvalue weighted by Gasteiger charge is 2.07. The Bertz CT molecular complexity index is 497. The Morgan fingerprint density at radius 2 is 1.88 bits per heavy atom. The third-order valence-corrected chi connectivity index (χ3v) is 3.29. The molecule has 0 amide bonds. The molecule has 0 aliphatic rings. The van der Waals surface area contributed by atoms with Gasteiger partial charge in [0.05, 0.1) is 11.4 Å². The van der Waals surface area contributed by atoms with Crippen LogP contribution in [0.3, 0.4) is 0 Å². The number of nitrogens with zero attached hydrogens (tertiary/aromatic N) is 2. The first-order valence-corrected chi connectivity index (χ1v) is 6.49. The lowest BCUT2D eigenvalue weighted by Crippen LogP contribution is -1.94. The van der Waals surface area contributed by atoms with Gasteiger partial charge < -0.3 is 0 Å². The van der Waals surface area contributed by atoms with Crippen molar-refractivity contribution >= 4 is 12.6 Å². The lowest BCUT2D eigenvalue weighted by Gasteiger charge is -2.07. The van der Waals surface area contributed by atoms with E-state index in [1.807, 2.05) is 11.7 Å². The molecule has 1 aromatic carbocycles. The Hall–Kier alpha value is -1.22. The van der Waals surface area contributed by atoms with Gasteiger partial charge in [-0.1, -0.05) is 38.1 Å². The van der Waals surface area contributed by atoms with Crippen LogP contribution in [0.25, 0.3) is 11.3 Å². The maximum atomic E-state index is 4.40. The van der Waals surface area contributed by atoms with Crippen LogP contribution in [0.5, 0.6) is 0 Å². The molecule has 0 radical (unpaired) electrons. The molecular formula is C14H18N2S. The minimum atomic E-state index is 0.573. The fraction of sp³-hybridized carbons (Fsp3) is 0.357. The number of hydrogen-bond acceptors (Lipinski definition) is 2. The summed E-state index contributed by atoms with van der Waals surface area (Å²) in [5, 5.41) is 4.40. The lowest BCUT2D eigenvalue weighted by molar-refractivity contribution is 0.762. The fourth-order valence-corrected chi connectivity index (χ4v) is 2.07. The monoisotopic (exact) mass is 246 g/mol. The molecule has 0 saturated carbocycles. The summed E-state index contributed by atoms with van der Waals surface area (Å²) in [4.78, 5) is 0. The van der Waals surface area contributed by atoms with Crippen molar-refractivity contribution in [2.75, 3.05) is 0 Å². The van der Waals surface area contributed by atoms with Crippen LogP contribution < -0.4 is 0 Å². The molecule has 2 rings (SSSR count). The summed E-state index contributed by atoms with van der Waals surface area (Å²) in [5.74, 6) is 1.25. The van der Waals surface area contributed by atoms with Gasteiger partial charge in [-0.05, 0) is 23.1 Å². The highest BCUT2D eigenvalue weighted by molar-refractivity contribution is 7.79. The van der Waals surface area contributed by atoms with E-state index >= 15 is 0 Å². The first kappa shape index (κ1) is 12.2. The highest BCUT2D eigenvalue weighted by atomic mass is 32.1. The number of thiol groups is 1. The van der Waals surface area contributed by atoms with Gasteiger partial charge >= 0.3 is 0 Å². The van der Waals surface area contributed by atoms with Crippen molar-refractivity contribution in [3.8, 4) is 11.3 Å². The summed E-state index contributed by atoms with van der Waals surface area (Å²) in [6, 6.07) is 10.8. The third-order valence-electron chi connectivity index (χ3n) is 2.97. The number of hydrogen-bond donors (Lipinski definition) is 1.